The monoisotopic (exact) mass is 267 g/mol. The van der Waals surface area contributed by atoms with Gasteiger partial charge in [-0.2, -0.15) is 13.2 Å². The predicted molar refractivity (Wildman–Crippen MR) is 65.3 cm³/mol. The van der Waals surface area contributed by atoms with E-state index in [9.17, 15) is 13.2 Å². The third-order valence-electron chi connectivity index (χ3n) is 3.81. The third-order valence-corrected chi connectivity index (χ3v) is 3.81. The molecule has 0 amide bonds. The van der Waals surface area contributed by atoms with Crippen molar-refractivity contribution in [2.75, 3.05) is 13.2 Å². The Hall–Kier alpha value is -0.290. The average molecular weight is 267 g/mol. The summed E-state index contributed by atoms with van der Waals surface area (Å²) in [4.78, 5) is 0. The Labute approximate surface area is 107 Å². The first kappa shape index (κ1) is 15.8. The molecule has 108 valence electrons. The second-order valence-corrected chi connectivity index (χ2v) is 5.47. The fourth-order valence-corrected chi connectivity index (χ4v) is 2.47. The van der Waals surface area contributed by atoms with Crippen LogP contribution in [0.3, 0.4) is 0 Å². The molecule has 2 nitrogen and oxygen atoms in total. The lowest BCUT2D eigenvalue weighted by molar-refractivity contribution is -0.182. The number of hydrogen-bond acceptors (Lipinski definition) is 2. The zero-order valence-electron chi connectivity index (χ0n) is 11.0. The van der Waals surface area contributed by atoms with E-state index in [4.69, 9.17) is 5.11 Å². The predicted octanol–water partition coefficient (Wildman–Crippen LogP) is 3.11. The maximum atomic E-state index is 12.5. The maximum absolute atomic E-state index is 12.5. The molecule has 0 aromatic rings. The van der Waals surface area contributed by atoms with Gasteiger partial charge < -0.3 is 10.4 Å². The topological polar surface area (TPSA) is 32.3 Å². The number of aliphatic hydroxyl groups is 1. The van der Waals surface area contributed by atoms with Crippen molar-refractivity contribution in [3.8, 4) is 0 Å². The van der Waals surface area contributed by atoms with Crippen molar-refractivity contribution in [2.24, 2.45) is 11.8 Å². The van der Waals surface area contributed by atoms with Crippen LogP contribution in [0, 0.1) is 11.8 Å². The highest BCUT2D eigenvalue weighted by Crippen LogP contribution is 2.37. The molecule has 1 fully saturated rings. The fourth-order valence-electron chi connectivity index (χ4n) is 2.47. The maximum Gasteiger partial charge on any atom is 0.391 e. The van der Waals surface area contributed by atoms with E-state index in [0.29, 0.717) is 18.8 Å². The Morgan fingerprint density at radius 1 is 1.22 bits per heavy atom. The van der Waals surface area contributed by atoms with E-state index in [-0.39, 0.29) is 25.5 Å². The standard InChI is InChI=1S/C13H24F3NO/c1-10(9-18)3-2-8-17-12-6-4-11(5-7-12)13(14,15)16/h10-12,17-18H,2-9H2,1H3. The molecule has 0 radical (unpaired) electrons. The first-order valence-electron chi connectivity index (χ1n) is 6.84. The fraction of sp³-hybridized carbons (Fsp3) is 1.00. The summed E-state index contributed by atoms with van der Waals surface area (Å²) in [6.07, 6.45) is -0.314. The zero-order chi connectivity index (χ0) is 13.6. The van der Waals surface area contributed by atoms with Gasteiger partial charge in [0.2, 0.25) is 0 Å². The molecule has 1 aliphatic carbocycles. The number of nitrogens with one attached hydrogen (secondary N) is 1. The van der Waals surface area contributed by atoms with Crippen LogP contribution in [-0.2, 0) is 0 Å². The smallest absolute Gasteiger partial charge is 0.391 e. The molecule has 1 aliphatic rings. The average Bonchev–Trinajstić information content (AvgIpc) is 2.33. The van der Waals surface area contributed by atoms with Crippen molar-refractivity contribution in [3.63, 3.8) is 0 Å². The molecule has 1 atom stereocenters. The second-order valence-electron chi connectivity index (χ2n) is 5.47. The van der Waals surface area contributed by atoms with Gasteiger partial charge in [0.25, 0.3) is 0 Å². The molecule has 5 heteroatoms. The lowest BCUT2D eigenvalue weighted by atomic mass is 9.85. The Bertz CT molecular complexity index is 225. The highest BCUT2D eigenvalue weighted by Gasteiger charge is 2.41. The SMILES string of the molecule is CC(CO)CCCNC1CCC(C(F)(F)F)CC1. The summed E-state index contributed by atoms with van der Waals surface area (Å²) in [5, 5.41) is 12.2. The molecule has 1 saturated carbocycles. The van der Waals surface area contributed by atoms with Crippen LogP contribution in [0.15, 0.2) is 0 Å². The van der Waals surface area contributed by atoms with E-state index >= 15 is 0 Å². The minimum atomic E-state index is -4.01. The molecule has 0 saturated heterocycles. The quantitative estimate of drug-likeness (QED) is 0.725. The highest BCUT2D eigenvalue weighted by molar-refractivity contribution is 4.80. The second kappa shape index (κ2) is 7.34. The molecule has 0 spiro atoms. The minimum Gasteiger partial charge on any atom is -0.396 e. The van der Waals surface area contributed by atoms with E-state index < -0.39 is 12.1 Å². The molecule has 0 heterocycles. The normalized spacial score (nSPS) is 27.2. The molecular formula is C13H24F3NO. The van der Waals surface area contributed by atoms with Crippen LogP contribution < -0.4 is 5.32 Å². The summed E-state index contributed by atoms with van der Waals surface area (Å²) in [5.74, 6) is -0.780. The van der Waals surface area contributed by atoms with Gasteiger partial charge in [0.15, 0.2) is 0 Å². The van der Waals surface area contributed by atoms with Crippen molar-refractivity contribution in [3.05, 3.63) is 0 Å². The van der Waals surface area contributed by atoms with Gasteiger partial charge in [-0.25, -0.2) is 0 Å². The summed E-state index contributed by atoms with van der Waals surface area (Å²) >= 11 is 0. The first-order chi connectivity index (χ1) is 8.43. The largest absolute Gasteiger partial charge is 0.396 e. The van der Waals surface area contributed by atoms with Crippen LogP contribution in [0.2, 0.25) is 0 Å². The van der Waals surface area contributed by atoms with Crippen LogP contribution in [-0.4, -0.2) is 30.5 Å². The Morgan fingerprint density at radius 2 is 1.83 bits per heavy atom. The van der Waals surface area contributed by atoms with Gasteiger partial charge >= 0.3 is 6.18 Å². The van der Waals surface area contributed by atoms with Crippen LogP contribution in [0.1, 0.15) is 45.4 Å². The number of aliphatic hydroxyl groups excluding tert-OH is 1. The summed E-state index contributed by atoms with van der Waals surface area (Å²) in [6, 6.07) is 0.244. The number of hydrogen-bond donors (Lipinski definition) is 2. The van der Waals surface area contributed by atoms with Crippen LogP contribution >= 0.6 is 0 Å². The van der Waals surface area contributed by atoms with Gasteiger partial charge in [-0.05, 0) is 51.0 Å². The minimum absolute atomic E-state index is 0.205. The van der Waals surface area contributed by atoms with Gasteiger partial charge in [0.05, 0.1) is 5.92 Å². The molecule has 2 N–H and O–H groups in total. The van der Waals surface area contributed by atoms with Gasteiger partial charge in [0.1, 0.15) is 0 Å². The molecule has 1 unspecified atom stereocenters. The molecule has 0 aromatic heterocycles. The number of halogens is 3. The van der Waals surface area contributed by atoms with E-state index in [0.717, 1.165) is 19.4 Å². The van der Waals surface area contributed by atoms with E-state index in [1.807, 2.05) is 6.92 Å². The number of rotatable bonds is 6. The van der Waals surface area contributed by atoms with Gasteiger partial charge in [0, 0.05) is 12.6 Å². The summed E-state index contributed by atoms with van der Waals surface area (Å²) < 4.78 is 37.4. The Morgan fingerprint density at radius 3 is 2.33 bits per heavy atom. The molecule has 18 heavy (non-hydrogen) atoms. The molecule has 0 aliphatic heterocycles. The van der Waals surface area contributed by atoms with Crippen molar-refractivity contribution in [2.45, 2.75) is 57.7 Å². The highest BCUT2D eigenvalue weighted by atomic mass is 19.4. The zero-order valence-corrected chi connectivity index (χ0v) is 11.0. The third kappa shape index (κ3) is 5.57. The van der Waals surface area contributed by atoms with Crippen molar-refractivity contribution >= 4 is 0 Å². The lowest BCUT2D eigenvalue weighted by Gasteiger charge is -2.30. The van der Waals surface area contributed by atoms with Crippen molar-refractivity contribution < 1.29 is 18.3 Å². The van der Waals surface area contributed by atoms with Crippen LogP contribution in [0.5, 0.6) is 0 Å². The van der Waals surface area contributed by atoms with Gasteiger partial charge in [-0.3, -0.25) is 0 Å². The molecule has 0 bridgehead atoms. The molecule has 0 aromatic carbocycles. The summed E-state index contributed by atoms with van der Waals surface area (Å²) in [7, 11) is 0. The van der Waals surface area contributed by atoms with Crippen LogP contribution in [0.25, 0.3) is 0 Å². The Balaban J connectivity index is 2.09. The summed E-state index contributed by atoms with van der Waals surface area (Å²) in [6.45, 7) is 3.04. The van der Waals surface area contributed by atoms with Crippen molar-refractivity contribution in [1.29, 1.82) is 0 Å². The van der Waals surface area contributed by atoms with E-state index in [1.165, 1.54) is 0 Å². The summed E-state index contributed by atoms with van der Waals surface area (Å²) in [5.41, 5.74) is 0. The van der Waals surface area contributed by atoms with E-state index in [1.54, 1.807) is 0 Å². The molecule has 1 rings (SSSR count). The Kier molecular flexibility index (Phi) is 6.43. The molecular weight excluding hydrogens is 243 g/mol. The van der Waals surface area contributed by atoms with Gasteiger partial charge in [-0.15, -0.1) is 0 Å². The van der Waals surface area contributed by atoms with E-state index in [2.05, 4.69) is 5.32 Å². The van der Waals surface area contributed by atoms with Crippen molar-refractivity contribution in [1.82, 2.24) is 5.32 Å². The van der Waals surface area contributed by atoms with Gasteiger partial charge in [-0.1, -0.05) is 6.92 Å². The lowest BCUT2D eigenvalue weighted by Crippen LogP contribution is -2.37. The number of alkyl halides is 3. The van der Waals surface area contributed by atoms with Crippen LogP contribution in [0.4, 0.5) is 13.2 Å². The first-order valence-corrected chi connectivity index (χ1v) is 6.84.